The first kappa shape index (κ1) is 17.8. The van der Waals surface area contributed by atoms with Gasteiger partial charge in [0.25, 0.3) is 0 Å². The summed E-state index contributed by atoms with van der Waals surface area (Å²) in [6, 6.07) is 6.70. The molecule has 2 aliphatic rings. The Hall–Kier alpha value is -1.99. The molecule has 0 bridgehead atoms. The maximum absolute atomic E-state index is 11.4. The Kier molecular flexibility index (Phi) is 5.34. The highest BCUT2D eigenvalue weighted by Crippen LogP contribution is 2.24. The quantitative estimate of drug-likeness (QED) is 0.717. The van der Waals surface area contributed by atoms with E-state index in [2.05, 4.69) is 40.6 Å². The minimum absolute atomic E-state index is 0.0346. The van der Waals surface area contributed by atoms with Gasteiger partial charge < -0.3 is 5.32 Å². The monoisotopic (exact) mass is 361 g/mol. The van der Waals surface area contributed by atoms with Crippen molar-refractivity contribution in [1.82, 2.24) is 10.7 Å². The molecule has 25 heavy (non-hydrogen) atoms. The van der Waals surface area contributed by atoms with Crippen molar-refractivity contribution in [2.24, 2.45) is 5.10 Å². The fraction of sp³-hybridized carbons (Fsp3) is 0.444. The van der Waals surface area contributed by atoms with Crippen LogP contribution in [0.25, 0.3) is 0 Å². The average Bonchev–Trinajstić information content (AvgIpc) is 3.01. The van der Waals surface area contributed by atoms with Crippen molar-refractivity contribution < 1.29 is 13.2 Å². The summed E-state index contributed by atoms with van der Waals surface area (Å²) in [6.07, 6.45) is 3.62. The van der Waals surface area contributed by atoms with Crippen LogP contribution in [0.1, 0.15) is 36.0 Å². The van der Waals surface area contributed by atoms with Crippen LogP contribution in [-0.4, -0.2) is 38.4 Å². The van der Waals surface area contributed by atoms with Gasteiger partial charge in [0.15, 0.2) is 9.84 Å². The van der Waals surface area contributed by atoms with Crippen LogP contribution in [0.4, 0.5) is 0 Å². The van der Waals surface area contributed by atoms with Gasteiger partial charge >= 0.3 is 0 Å². The number of hydrazone groups is 1. The van der Waals surface area contributed by atoms with Crippen molar-refractivity contribution >= 4 is 21.5 Å². The third-order valence-corrected chi connectivity index (χ3v) is 6.03. The Labute approximate surface area is 148 Å². The SMILES string of the molecule is C=CS(=O)(=O)CCCNC1Cc2ccc(C3=NNC(=O)CC3)cc2C1. The zero-order valence-electron chi connectivity index (χ0n) is 14.1. The van der Waals surface area contributed by atoms with E-state index in [4.69, 9.17) is 0 Å². The predicted octanol–water partition coefficient (Wildman–Crippen LogP) is 1.31. The normalized spacial score (nSPS) is 19.9. The molecule has 1 atom stereocenters. The van der Waals surface area contributed by atoms with Crippen LogP contribution >= 0.6 is 0 Å². The highest BCUT2D eigenvalue weighted by atomic mass is 32.2. The summed E-state index contributed by atoms with van der Waals surface area (Å²) in [6.45, 7) is 4.00. The second kappa shape index (κ2) is 7.49. The number of fused-ring (bicyclic) bond motifs is 1. The molecule has 2 N–H and O–H groups in total. The number of benzene rings is 1. The zero-order valence-corrected chi connectivity index (χ0v) is 14.9. The first-order valence-corrected chi connectivity index (χ1v) is 10.2. The smallest absolute Gasteiger partial charge is 0.240 e. The molecule has 6 nitrogen and oxygen atoms in total. The number of nitrogens with one attached hydrogen (secondary N) is 2. The number of hydrogen-bond acceptors (Lipinski definition) is 5. The minimum Gasteiger partial charge on any atom is -0.313 e. The third-order valence-electron chi connectivity index (χ3n) is 4.67. The molecule has 0 spiro atoms. The molecule has 1 aliphatic heterocycles. The molecule has 0 radical (unpaired) electrons. The second-order valence-electron chi connectivity index (χ2n) is 6.52. The lowest BCUT2D eigenvalue weighted by Crippen LogP contribution is -2.31. The van der Waals surface area contributed by atoms with Gasteiger partial charge in [-0.25, -0.2) is 13.8 Å². The first-order valence-electron chi connectivity index (χ1n) is 8.53. The van der Waals surface area contributed by atoms with Crippen LogP contribution in [0.2, 0.25) is 0 Å². The zero-order chi connectivity index (χ0) is 17.9. The first-order chi connectivity index (χ1) is 12.0. The lowest BCUT2D eigenvalue weighted by atomic mass is 10.00. The molecule has 1 amide bonds. The molecular formula is C18H23N3O3S. The fourth-order valence-electron chi connectivity index (χ4n) is 3.29. The number of carbonyl (C=O) groups is 1. The van der Waals surface area contributed by atoms with Gasteiger partial charge in [0.2, 0.25) is 5.91 Å². The third kappa shape index (κ3) is 4.55. The van der Waals surface area contributed by atoms with Gasteiger partial charge in [-0.05, 0) is 48.6 Å². The van der Waals surface area contributed by atoms with E-state index in [9.17, 15) is 13.2 Å². The van der Waals surface area contributed by atoms with Gasteiger partial charge in [0, 0.05) is 24.3 Å². The Morgan fingerprint density at radius 1 is 1.28 bits per heavy atom. The van der Waals surface area contributed by atoms with Crippen LogP contribution in [0.3, 0.4) is 0 Å². The Morgan fingerprint density at radius 3 is 2.80 bits per heavy atom. The van der Waals surface area contributed by atoms with Gasteiger partial charge in [-0.1, -0.05) is 18.7 Å². The predicted molar refractivity (Wildman–Crippen MR) is 98.2 cm³/mol. The molecule has 0 fully saturated rings. The summed E-state index contributed by atoms with van der Waals surface area (Å²) in [4.78, 5) is 11.2. The molecule has 0 saturated heterocycles. The van der Waals surface area contributed by atoms with E-state index in [0.29, 0.717) is 31.8 Å². The van der Waals surface area contributed by atoms with E-state index >= 15 is 0 Å². The molecule has 1 heterocycles. The van der Waals surface area contributed by atoms with Crippen molar-refractivity contribution in [3.63, 3.8) is 0 Å². The highest BCUT2D eigenvalue weighted by molar-refractivity contribution is 7.94. The number of hydrogen-bond donors (Lipinski definition) is 2. The van der Waals surface area contributed by atoms with Crippen molar-refractivity contribution in [3.05, 3.63) is 46.9 Å². The maximum Gasteiger partial charge on any atom is 0.240 e. The molecular weight excluding hydrogens is 338 g/mol. The average molecular weight is 361 g/mol. The molecule has 0 saturated carbocycles. The van der Waals surface area contributed by atoms with E-state index in [0.717, 1.165) is 29.5 Å². The Morgan fingerprint density at radius 2 is 2.08 bits per heavy atom. The summed E-state index contributed by atoms with van der Waals surface area (Å²) in [5.74, 6) is 0.103. The standard InChI is InChI=1S/C18H23N3O3S/c1-2-25(23,24)9-3-8-19-16-11-13-4-5-14(10-15(13)12-16)17-6-7-18(22)21-20-17/h2,4-5,10,16,19H,1,3,6-9,11-12H2,(H,21,22). The van der Waals surface area contributed by atoms with E-state index in [1.54, 1.807) is 0 Å². The lowest BCUT2D eigenvalue weighted by Gasteiger charge is -2.13. The highest BCUT2D eigenvalue weighted by Gasteiger charge is 2.22. The van der Waals surface area contributed by atoms with Crippen molar-refractivity contribution in [1.29, 1.82) is 0 Å². The van der Waals surface area contributed by atoms with Gasteiger partial charge in [-0.3, -0.25) is 4.79 Å². The fourth-order valence-corrected chi connectivity index (χ4v) is 4.00. The van der Waals surface area contributed by atoms with Gasteiger partial charge in [0.1, 0.15) is 0 Å². The molecule has 0 aromatic heterocycles. The van der Waals surface area contributed by atoms with E-state index in [1.807, 2.05) is 0 Å². The largest absolute Gasteiger partial charge is 0.313 e. The van der Waals surface area contributed by atoms with Crippen LogP contribution < -0.4 is 10.7 Å². The van der Waals surface area contributed by atoms with Crippen molar-refractivity contribution in [3.8, 4) is 0 Å². The van der Waals surface area contributed by atoms with Crippen LogP contribution in [0.15, 0.2) is 35.3 Å². The molecule has 134 valence electrons. The van der Waals surface area contributed by atoms with Crippen molar-refractivity contribution in [2.75, 3.05) is 12.3 Å². The number of rotatable bonds is 7. The number of carbonyl (C=O) groups excluding carboxylic acids is 1. The lowest BCUT2D eigenvalue weighted by molar-refractivity contribution is -0.121. The summed E-state index contributed by atoms with van der Waals surface area (Å²) in [7, 11) is -3.11. The van der Waals surface area contributed by atoms with E-state index in [1.165, 1.54) is 11.1 Å². The molecule has 1 aliphatic carbocycles. The van der Waals surface area contributed by atoms with Crippen LogP contribution in [0.5, 0.6) is 0 Å². The molecule has 1 aromatic rings. The summed E-state index contributed by atoms with van der Waals surface area (Å²) >= 11 is 0. The van der Waals surface area contributed by atoms with Gasteiger partial charge in [-0.2, -0.15) is 5.10 Å². The number of nitrogens with zero attached hydrogens (tertiary/aromatic N) is 1. The van der Waals surface area contributed by atoms with E-state index < -0.39 is 9.84 Å². The topological polar surface area (TPSA) is 87.6 Å². The number of amides is 1. The van der Waals surface area contributed by atoms with Crippen LogP contribution in [0, 0.1) is 0 Å². The summed E-state index contributed by atoms with van der Waals surface area (Å²) in [5, 5.41) is 8.62. The van der Waals surface area contributed by atoms with Gasteiger partial charge in [0.05, 0.1) is 11.5 Å². The molecule has 1 aromatic carbocycles. The van der Waals surface area contributed by atoms with Gasteiger partial charge in [-0.15, -0.1) is 0 Å². The minimum atomic E-state index is -3.11. The molecule has 7 heteroatoms. The second-order valence-corrected chi connectivity index (χ2v) is 8.59. The molecule has 3 rings (SSSR count). The summed E-state index contributed by atoms with van der Waals surface area (Å²) in [5.41, 5.74) is 7.15. The summed E-state index contributed by atoms with van der Waals surface area (Å²) < 4.78 is 22.8. The molecule has 1 unspecified atom stereocenters. The Balaban J connectivity index is 1.54. The van der Waals surface area contributed by atoms with Crippen LogP contribution in [-0.2, 0) is 27.5 Å². The van der Waals surface area contributed by atoms with Crippen molar-refractivity contribution in [2.45, 2.75) is 38.1 Å². The number of sulfone groups is 1. The van der Waals surface area contributed by atoms with E-state index in [-0.39, 0.29) is 11.7 Å². The maximum atomic E-state index is 11.4. The Bertz CT molecular complexity index is 815.